The van der Waals surface area contributed by atoms with Crippen molar-refractivity contribution in [1.82, 2.24) is 4.98 Å². The highest BCUT2D eigenvalue weighted by molar-refractivity contribution is 5.25. The summed E-state index contributed by atoms with van der Waals surface area (Å²) in [6.07, 6.45) is 12.6. The van der Waals surface area contributed by atoms with Crippen LogP contribution in [0.15, 0.2) is 12.1 Å². The maximum absolute atomic E-state index is 4.88. The average Bonchev–Trinajstić information content (AvgIpc) is 3.21. The number of nitrogens with zero attached hydrogens (tertiary/aromatic N) is 1. The van der Waals surface area contributed by atoms with E-state index < -0.39 is 0 Å². The van der Waals surface area contributed by atoms with Crippen LogP contribution in [0.1, 0.15) is 74.2 Å². The Hall–Kier alpha value is -0.850. The lowest BCUT2D eigenvalue weighted by Gasteiger charge is -2.21. The van der Waals surface area contributed by atoms with Gasteiger partial charge in [0.15, 0.2) is 0 Å². The van der Waals surface area contributed by atoms with E-state index in [0.717, 1.165) is 11.8 Å². The Kier molecular flexibility index (Phi) is 3.67. The summed E-state index contributed by atoms with van der Waals surface area (Å²) in [7, 11) is 0. The molecule has 18 heavy (non-hydrogen) atoms. The quantitative estimate of drug-likeness (QED) is 0.741. The van der Waals surface area contributed by atoms with E-state index >= 15 is 0 Å². The molecule has 3 rings (SSSR count). The molecule has 98 valence electrons. The van der Waals surface area contributed by atoms with Crippen LogP contribution in [0.2, 0.25) is 0 Å². The van der Waals surface area contributed by atoms with Gasteiger partial charge in [-0.05, 0) is 56.2 Å². The molecule has 0 saturated heterocycles. The van der Waals surface area contributed by atoms with Gasteiger partial charge in [-0.2, -0.15) is 0 Å². The number of hydrogen-bond acceptors (Lipinski definition) is 1. The third kappa shape index (κ3) is 3.13. The Morgan fingerprint density at radius 3 is 2.56 bits per heavy atom. The fourth-order valence-electron chi connectivity index (χ4n) is 3.31. The Labute approximate surface area is 111 Å². The van der Waals surface area contributed by atoms with Gasteiger partial charge in [0, 0.05) is 17.3 Å². The molecule has 1 heteroatoms. The molecule has 1 nitrogen and oxygen atoms in total. The smallest absolute Gasteiger partial charge is 0.0440 e. The van der Waals surface area contributed by atoms with E-state index in [-0.39, 0.29) is 0 Å². The Morgan fingerprint density at radius 1 is 1.06 bits per heavy atom. The number of aromatic nitrogens is 1. The van der Waals surface area contributed by atoms with Gasteiger partial charge in [0.1, 0.15) is 0 Å². The molecule has 0 amide bonds. The van der Waals surface area contributed by atoms with E-state index in [1.807, 2.05) is 0 Å². The largest absolute Gasteiger partial charge is 0.258 e. The second-order valence-corrected chi connectivity index (χ2v) is 6.38. The molecule has 0 N–H and O–H groups in total. The van der Waals surface area contributed by atoms with Crippen LogP contribution in [-0.4, -0.2) is 4.98 Å². The second kappa shape index (κ2) is 5.42. The number of aryl methyl sites for hydroxylation is 2. The fraction of sp³-hybridized carbons (Fsp3) is 0.706. The van der Waals surface area contributed by atoms with Gasteiger partial charge >= 0.3 is 0 Å². The topological polar surface area (TPSA) is 12.9 Å². The molecule has 1 aromatic rings. The molecule has 2 saturated carbocycles. The molecule has 0 aromatic carbocycles. The van der Waals surface area contributed by atoms with Crippen molar-refractivity contribution >= 4 is 0 Å². The van der Waals surface area contributed by atoms with Crippen molar-refractivity contribution in [2.24, 2.45) is 5.92 Å². The van der Waals surface area contributed by atoms with E-state index in [2.05, 4.69) is 19.1 Å². The molecule has 1 heterocycles. The normalized spacial score (nSPS) is 21.2. The predicted octanol–water partition coefficient (Wildman–Crippen LogP) is 4.78. The van der Waals surface area contributed by atoms with Crippen molar-refractivity contribution in [2.75, 3.05) is 0 Å². The first kappa shape index (κ1) is 12.2. The molecule has 0 radical (unpaired) electrons. The summed E-state index contributed by atoms with van der Waals surface area (Å²) in [6.45, 7) is 2.22. The van der Waals surface area contributed by atoms with Crippen LogP contribution >= 0.6 is 0 Å². The summed E-state index contributed by atoms with van der Waals surface area (Å²) >= 11 is 0. The maximum atomic E-state index is 4.88. The van der Waals surface area contributed by atoms with Crippen LogP contribution in [0.4, 0.5) is 0 Å². The van der Waals surface area contributed by atoms with Crippen LogP contribution in [0.25, 0.3) is 0 Å². The number of rotatable bonds is 4. The average molecular weight is 243 g/mol. The third-order valence-corrected chi connectivity index (χ3v) is 4.57. The molecule has 0 atom stereocenters. The molecule has 2 aliphatic carbocycles. The zero-order valence-electron chi connectivity index (χ0n) is 11.6. The summed E-state index contributed by atoms with van der Waals surface area (Å²) in [5.41, 5.74) is 4.13. The summed E-state index contributed by atoms with van der Waals surface area (Å²) in [4.78, 5) is 4.88. The Bertz CT molecular complexity index is 400. The SMILES string of the molecule is Cc1cc(CCC2CCCCC2)nc(C2CC2)c1. The third-order valence-electron chi connectivity index (χ3n) is 4.57. The van der Waals surface area contributed by atoms with Crippen molar-refractivity contribution in [3.05, 3.63) is 29.1 Å². The summed E-state index contributed by atoms with van der Waals surface area (Å²) < 4.78 is 0. The van der Waals surface area contributed by atoms with Crippen molar-refractivity contribution < 1.29 is 0 Å². The lowest BCUT2D eigenvalue weighted by atomic mass is 9.85. The highest BCUT2D eigenvalue weighted by atomic mass is 14.7. The maximum Gasteiger partial charge on any atom is 0.0440 e. The van der Waals surface area contributed by atoms with Gasteiger partial charge in [0.05, 0.1) is 0 Å². The number of pyridine rings is 1. The van der Waals surface area contributed by atoms with E-state index in [0.29, 0.717) is 0 Å². The first-order valence-electron chi connectivity index (χ1n) is 7.79. The minimum atomic E-state index is 0.790. The minimum absolute atomic E-state index is 0.790. The lowest BCUT2D eigenvalue weighted by Crippen LogP contribution is -2.08. The molecule has 2 fully saturated rings. The minimum Gasteiger partial charge on any atom is -0.258 e. The first-order valence-corrected chi connectivity index (χ1v) is 7.79. The van der Waals surface area contributed by atoms with E-state index in [1.165, 1.54) is 74.7 Å². The van der Waals surface area contributed by atoms with Gasteiger partial charge in [0.25, 0.3) is 0 Å². The van der Waals surface area contributed by atoms with E-state index in [9.17, 15) is 0 Å². The summed E-state index contributed by atoms with van der Waals surface area (Å²) in [5.74, 6) is 1.77. The van der Waals surface area contributed by atoms with Crippen LogP contribution < -0.4 is 0 Å². The van der Waals surface area contributed by atoms with Crippen LogP contribution in [0.5, 0.6) is 0 Å². The van der Waals surface area contributed by atoms with Gasteiger partial charge < -0.3 is 0 Å². The predicted molar refractivity (Wildman–Crippen MR) is 75.8 cm³/mol. The lowest BCUT2D eigenvalue weighted by molar-refractivity contribution is 0.338. The Morgan fingerprint density at radius 2 is 1.83 bits per heavy atom. The number of hydrogen-bond donors (Lipinski definition) is 0. The van der Waals surface area contributed by atoms with Crippen LogP contribution in [0.3, 0.4) is 0 Å². The highest BCUT2D eigenvalue weighted by Gasteiger charge is 2.25. The van der Waals surface area contributed by atoms with Crippen LogP contribution in [0, 0.1) is 12.8 Å². The van der Waals surface area contributed by atoms with E-state index in [1.54, 1.807) is 0 Å². The van der Waals surface area contributed by atoms with E-state index in [4.69, 9.17) is 4.98 Å². The molecule has 0 unspecified atom stereocenters. The second-order valence-electron chi connectivity index (χ2n) is 6.38. The van der Waals surface area contributed by atoms with Crippen molar-refractivity contribution in [2.45, 2.75) is 70.6 Å². The fourth-order valence-corrected chi connectivity index (χ4v) is 3.31. The zero-order valence-corrected chi connectivity index (χ0v) is 11.6. The molecular weight excluding hydrogens is 218 g/mol. The molecule has 0 spiro atoms. The molecule has 2 aliphatic rings. The van der Waals surface area contributed by atoms with Crippen molar-refractivity contribution in [1.29, 1.82) is 0 Å². The van der Waals surface area contributed by atoms with Crippen LogP contribution in [-0.2, 0) is 6.42 Å². The van der Waals surface area contributed by atoms with Crippen molar-refractivity contribution in [3.63, 3.8) is 0 Å². The Balaban J connectivity index is 1.60. The molecule has 0 bridgehead atoms. The summed E-state index contributed by atoms with van der Waals surface area (Å²) in [6, 6.07) is 4.59. The molecule has 0 aliphatic heterocycles. The van der Waals surface area contributed by atoms with Gasteiger partial charge in [0.2, 0.25) is 0 Å². The molecular formula is C17H25N. The highest BCUT2D eigenvalue weighted by Crippen LogP contribution is 2.39. The standard InChI is InChI=1S/C17H25N/c1-13-11-16(18-17(12-13)15-8-9-15)10-7-14-5-3-2-4-6-14/h11-12,14-15H,2-10H2,1H3. The molecule has 1 aromatic heterocycles. The van der Waals surface area contributed by atoms with Gasteiger partial charge in [-0.25, -0.2) is 0 Å². The van der Waals surface area contributed by atoms with Crippen molar-refractivity contribution in [3.8, 4) is 0 Å². The first-order chi connectivity index (χ1) is 8.81. The van der Waals surface area contributed by atoms with Gasteiger partial charge in [-0.1, -0.05) is 32.1 Å². The summed E-state index contributed by atoms with van der Waals surface area (Å²) in [5, 5.41) is 0. The van der Waals surface area contributed by atoms with Gasteiger partial charge in [-0.15, -0.1) is 0 Å². The monoisotopic (exact) mass is 243 g/mol. The van der Waals surface area contributed by atoms with Gasteiger partial charge in [-0.3, -0.25) is 4.98 Å². The zero-order chi connectivity index (χ0) is 12.4.